The Morgan fingerprint density at radius 3 is 1.85 bits per heavy atom. The maximum atomic E-state index is 12.5. The van der Waals surface area contributed by atoms with E-state index < -0.39 is 21.5 Å². The van der Waals surface area contributed by atoms with Gasteiger partial charge in [-0.2, -0.15) is 0 Å². The van der Waals surface area contributed by atoms with Gasteiger partial charge in [0.25, 0.3) is 17.4 Å². The highest BCUT2D eigenvalue weighted by atomic mass is 35.5. The maximum Gasteiger partial charge on any atom is 0.257 e. The Morgan fingerprint density at radius 1 is 0.778 bits per heavy atom. The summed E-state index contributed by atoms with van der Waals surface area (Å²) >= 11 is 22.1. The monoisotopic (exact) mass is 445 g/mol. The Balaban J connectivity index is 2.05. The quantitative estimate of drug-likeness (QED) is 0.415. The molecule has 10 heteroatoms. The Labute approximate surface area is 172 Å². The van der Waals surface area contributed by atoms with Crippen LogP contribution < -0.4 is 16.2 Å². The highest BCUT2D eigenvalue weighted by Gasteiger charge is 2.14. The lowest BCUT2D eigenvalue weighted by Gasteiger charge is -2.10. The molecule has 1 aromatic heterocycles. The number of aromatic nitrogens is 1. The fourth-order valence-corrected chi connectivity index (χ4v) is 2.81. The Morgan fingerprint density at radius 2 is 1.30 bits per heavy atom. The molecule has 0 bridgehead atoms. The molecule has 0 aliphatic rings. The molecule has 6 nitrogen and oxygen atoms in total. The average molecular weight is 447 g/mol. The molecule has 0 unspecified atom stereocenters. The van der Waals surface area contributed by atoms with E-state index in [1.54, 1.807) is 30.3 Å². The van der Waals surface area contributed by atoms with Crippen molar-refractivity contribution in [2.45, 2.75) is 9.67 Å². The van der Waals surface area contributed by atoms with Crippen LogP contribution in [0, 0.1) is 0 Å². The minimum absolute atomic E-state index is 0.363. The molecule has 2 amide bonds. The fraction of sp³-hybridized carbons (Fsp3) is 0.118. The lowest BCUT2D eigenvalue weighted by atomic mass is 10.1. The van der Waals surface area contributed by atoms with Crippen molar-refractivity contribution in [3.8, 4) is 0 Å². The molecule has 2 aromatic carbocycles. The number of amides is 2. The molecule has 0 radical (unpaired) electrons. The van der Waals surface area contributed by atoms with Gasteiger partial charge in [0, 0.05) is 22.1 Å². The number of nitrogens with one attached hydrogen (secondary N) is 3. The van der Waals surface area contributed by atoms with Crippen LogP contribution in [-0.2, 0) is 9.59 Å². The Hall–Kier alpha value is -1.99. The summed E-state index contributed by atoms with van der Waals surface area (Å²) in [7, 11) is 0. The topological polar surface area (TPSA) is 91.1 Å². The molecule has 0 saturated carbocycles. The van der Waals surface area contributed by atoms with Gasteiger partial charge in [0.2, 0.25) is 0 Å². The van der Waals surface area contributed by atoms with Crippen molar-refractivity contribution >= 4 is 91.3 Å². The first kappa shape index (κ1) is 19.8. The molecule has 1 heterocycles. The highest BCUT2D eigenvalue weighted by Crippen LogP contribution is 2.26. The van der Waals surface area contributed by atoms with Gasteiger partial charge < -0.3 is 15.6 Å². The molecule has 0 aliphatic carbocycles. The molecule has 0 aliphatic heterocycles. The van der Waals surface area contributed by atoms with Crippen LogP contribution in [0.4, 0.5) is 11.4 Å². The zero-order valence-electron chi connectivity index (χ0n) is 13.4. The second-order valence-corrected chi connectivity index (χ2v) is 7.75. The van der Waals surface area contributed by atoms with Gasteiger partial charge in [-0.1, -0.05) is 58.5 Å². The molecular weight excluding hydrogens is 436 g/mol. The van der Waals surface area contributed by atoms with Crippen LogP contribution >= 0.6 is 46.4 Å². The van der Waals surface area contributed by atoms with E-state index in [0.29, 0.717) is 27.7 Å². The zero-order valence-corrected chi connectivity index (χ0v) is 16.4. The maximum absolute atomic E-state index is 12.5. The minimum atomic E-state index is -1.22. The number of carbonyl (C=O) groups excluding carboxylic acids is 2. The number of pyridine rings is 1. The van der Waals surface area contributed by atoms with Gasteiger partial charge in [-0.15, -0.1) is 0 Å². The van der Waals surface area contributed by atoms with Gasteiger partial charge in [-0.05, 0) is 29.7 Å². The van der Waals surface area contributed by atoms with E-state index in [0.717, 1.165) is 5.39 Å². The summed E-state index contributed by atoms with van der Waals surface area (Å²) in [6.45, 7) is 0. The van der Waals surface area contributed by atoms with E-state index in [9.17, 15) is 14.4 Å². The first-order chi connectivity index (χ1) is 12.8. The van der Waals surface area contributed by atoms with Crippen molar-refractivity contribution in [3.63, 3.8) is 0 Å². The molecule has 0 fully saturated rings. The van der Waals surface area contributed by atoms with Crippen molar-refractivity contribution in [1.82, 2.24) is 4.98 Å². The van der Waals surface area contributed by atoms with Crippen LogP contribution in [0.3, 0.4) is 0 Å². The molecule has 0 atom stereocenters. The van der Waals surface area contributed by atoms with Crippen LogP contribution in [-0.4, -0.2) is 26.5 Å². The number of alkyl halides is 4. The first-order valence-corrected chi connectivity index (χ1v) is 9.28. The molecule has 27 heavy (non-hydrogen) atoms. The van der Waals surface area contributed by atoms with Crippen LogP contribution in [0.2, 0.25) is 0 Å². The van der Waals surface area contributed by atoms with Crippen molar-refractivity contribution in [1.29, 1.82) is 0 Å². The minimum Gasteiger partial charge on any atom is -0.324 e. The number of halogens is 4. The van der Waals surface area contributed by atoms with E-state index in [1.807, 2.05) is 0 Å². The highest BCUT2D eigenvalue weighted by molar-refractivity contribution is 6.55. The second kappa shape index (κ2) is 7.94. The molecule has 3 N–H and O–H groups in total. The Kier molecular flexibility index (Phi) is 5.81. The largest absolute Gasteiger partial charge is 0.324 e. The number of hydrogen-bond donors (Lipinski definition) is 3. The van der Waals surface area contributed by atoms with Crippen LogP contribution in [0.15, 0.2) is 41.2 Å². The van der Waals surface area contributed by atoms with Crippen molar-refractivity contribution in [2.75, 3.05) is 10.6 Å². The summed E-state index contributed by atoms with van der Waals surface area (Å²) in [6.07, 6.45) is 0. The van der Waals surface area contributed by atoms with E-state index in [-0.39, 0.29) is 5.56 Å². The van der Waals surface area contributed by atoms with Crippen molar-refractivity contribution in [2.24, 2.45) is 0 Å². The average Bonchev–Trinajstić information content (AvgIpc) is 2.61. The van der Waals surface area contributed by atoms with Gasteiger partial charge in [0.15, 0.2) is 9.67 Å². The molecule has 0 saturated heterocycles. The summed E-state index contributed by atoms with van der Waals surface area (Å²) in [5.41, 5.74) is 0.984. The van der Waals surface area contributed by atoms with Gasteiger partial charge in [0.1, 0.15) is 0 Å². The lowest BCUT2D eigenvalue weighted by molar-refractivity contribution is -0.115. The number of carbonyl (C=O) groups is 2. The number of fused-ring (bicyclic) bond motifs is 3. The second-order valence-electron chi connectivity index (χ2n) is 5.55. The van der Waals surface area contributed by atoms with Crippen LogP contribution in [0.1, 0.15) is 0 Å². The molecule has 3 aromatic rings. The molecular formula is C17H11Cl4N3O3. The summed E-state index contributed by atoms with van der Waals surface area (Å²) in [6, 6.07) is 9.87. The van der Waals surface area contributed by atoms with E-state index in [4.69, 9.17) is 46.4 Å². The summed E-state index contributed by atoms with van der Waals surface area (Å²) in [5.74, 6) is -1.16. The number of hydrogen-bond acceptors (Lipinski definition) is 3. The number of rotatable bonds is 4. The molecule has 3 rings (SSSR count). The van der Waals surface area contributed by atoms with Gasteiger partial charge >= 0.3 is 0 Å². The SMILES string of the molecule is O=C(Nc1ccc2c(c1)[nH]c(=O)c1cc(NC(=O)C(Cl)Cl)ccc12)C(Cl)Cl. The Bertz CT molecular complexity index is 1110. The zero-order chi connectivity index (χ0) is 19.7. The fourth-order valence-electron chi connectivity index (χ4n) is 2.59. The summed E-state index contributed by atoms with van der Waals surface area (Å²) in [5, 5.41) is 6.86. The normalized spacial score (nSPS) is 11.3. The number of aromatic amines is 1. The predicted molar refractivity (Wildman–Crippen MR) is 110 cm³/mol. The number of H-pyrrole nitrogens is 1. The molecule has 140 valence electrons. The lowest BCUT2D eigenvalue weighted by Crippen LogP contribution is -2.19. The standard InChI is InChI=1S/C17H11Cl4N3O3/c18-13(19)16(26)22-7-1-3-9-10-4-2-8(23-17(27)14(20)21)6-12(10)24-15(25)11(9)5-7/h1-6,13-14H,(H,22,26)(H,23,27)(H,24,25). The predicted octanol–water partition coefficient (Wildman–Crippen LogP) is 4.17. The number of anilines is 2. The smallest absolute Gasteiger partial charge is 0.257 e. The third kappa shape index (κ3) is 4.30. The van der Waals surface area contributed by atoms with Gasteiger partial charge in [0.05, 0.1) is 5.52 Å². The van der Waals surface area contributed by atoms with Crippen molar-refractivity contribution < 1.29 is 9.59 Å². The van der Waals surface area contributed by atoms with E-state index >= 15 is 0 Å². The summed E-state index contributed by atoms with van der Waals surface area (Å²) in [4.78, 5) is 36.0. The summed E-state index contributed by atoms with van der Waals surface area (Å²) < 4.78 is 0. The third-order valence-electron chi connectivity index (χ3n) is 3.75. The van der Waals surface area contributed by atoms with Gasteiger partial charge in [-0.25, -0.2) is 0 Å². The third-order valence-corrected chi connectivity index (χ3v) is 4.55. The van der Waals surface area contributed by atoms with Crippen LogP contribution in [0.25, 0.3) is 21.7 Å². The number of benzene rings is 2. The van der Waals surface area contributed by atoms with E-state index in [2.05, 4.69) is 15.6 Å². The van der Waals surface area contributed by atoms with Gasteiger partial charge in [-0.3, -0.25) is 14.4 Å². The van der Waals surface area contributed by atoms with Crippen LogP contribution in [0.5, 0.6) is 0 Å². The van der Waals surface area contributed by atoms with Crippen molar-refractivity contribution in [3.05, 3.63) is 46.8 Å². The molecule has 0 spiro atoms. The first-order valence-electron chi connectivity index (χ1n) is 7.54. The van der Waals surface area contributed by atoms with E-state index in [1.165, 1.54) is 6.07 Å².